The van der Waals surface area contributed by atoms with E-state index in [0.717, 1.165) is 16.7 Å². The third-order valence-corrected chi connectivity index (χ3v) is 5.22. The van der Waals surface area contributed by atoms with E-state index in [2.05, 4.69) is 10.6 Å². The number of aryl methyl sites for hydroxylation is 3. The Hall–Kier alpha value is -3.35. The first kappa shape index (κ1) is 25.9. The van der Waals surface area contributed by atoms with Gasteiger partial charge in [-0.15, -0.1) is 0 Å². The zero-order valence-corrected chi connectivity index (χ0v) is 20.4. The molecule has 0 aliphatic rings. The van der Waals surface area contributed by atoms with Gasteiger partial charge in [-0.25, -0.2) is 4.79 Å². The molecule has 0 aliphatic carbocycles. The van der Waals surface area contributed by atoms with Crippen LogP contribution in [0.1, 0.15) is 54.7 Å². The number of ether oxygens (including phenoxy) is 2. The highest BCUT2D eigenvalue weighted by molar-refractivity contribution is 5.98. The molecule has 2 N–H and O–H groups in total. The highest BCUT2D eigenvalue weighted by atomic mass is 16.5. The Labute approximate surface area is 195 Å². The van der Waals surface area contributed by atoms with E-state index < -0.39 is 29.9 Å². The molecule has 2 atom stereocenters. The summed E-state index contributed by atoms with van der Waals surface area (Å²) >= 11 is 0. The first-order valence-electron chi connectivity index (χ1n) is 11.2. The smallest absolute Gasteiger partial charge is 0.329 e. The highest BCUT2D eigenvalue weighted by Gasteiger charge is 2.29. The number of esters is 1. The molecule has 0 aromatic heterocycles. The predicted octanol–water partition coefficient (Wildman–Crippen LogP) is 4.34. The summed E-state index contributed by atoms with van der Waals surface area (Å²) in [7, 11) is 0. The summed E-state index contributed by atoms with van der Waals surface area (Å²) in [5.74, 6) is -1.08. The van der Waals surface area contributed by atoms with Gasteiger partial charge in [-0.1, -0.05) is 31.5 Å². The van der Waals surface area contributed by atoms with E-state index >= 15 is 0 Å². The molecular formula is C26H34N2O5. The largest absolute Gasteiger partial charge is 0.494 e. The topological polar surface area (TPSA) is 93.7 Å². The van der Waals surface area contributed by atoms with Gasteiger partial charge < -0.3 is 20.1 Å². The molecule has 2 aromatic rings. The van der Waals surface area contributed by atoms with E-state index in [1.54, 1.807) is 38.1 Å². The number of hydrogen-bond donors (Lipinski definition) is 2. The van der Waals surface area contributed by atoms with Gasteiger partial charge in [0.1, 0.15) is 11.8 Å². The van der Waals surface area contributed by atoms with Crippen LogP contribution in [-0.2, 0) is 14.3 Å². The van der Waals surface area contributed by atoms with E-state index in [1.165, 1.54) is 6.92 Å². The number of amides is 2. The molecule has 33 heavy (non-hydrogen) atoms. The van der Waals surface area contributed by atoms with E-state index in [1.807, 2.05) is 39.8 Å². The minimum absolute atomic E-state index is 0.235. The lowest BCUT2D eigenvalue weighted by molar-refractivity contribution is -0.156. The maximum Gasteiger partial charge on any atom is 0.329 e. The van der Waals surface area contributed by atoms with Gasteiger partial charge in [0, 0.05) is 11.3 Å². The van der Waals surface area contributed by atoms with Crippen molar-refractivity contribution in [2.24, 2.45) is 5.92 Å². The number of anilines is 1. The number of carbonyl (C=O) groups excluding carboxylic acids is 3. The van der Waals surface area contributed by atoms with E-state index in [-0.39, 0.29) is 5.92 Å². The Kier molecular flexibility index (Phi) is 9.02. The summed E-state index contributed by atoms with van der Waals surface area (Å²) in [5.41, 5.74) is 4.07. The molecule has 178 valence electrons. The summed E-state index contributed by atoms with van der Waals surface area (Å²) in [6.45, 7) is 13.3. The zero-order valence-electron chi connectivity index (χ0n) is 20.4. The van der Waals surface area contributed by atoms with Gasteiger partial charge in [0.05, 0.1) is 6.61 Å². The van der Waals surface area contributed by atoms with Crippen LogP contribution in [0.4, 0.5) is 5.69 Å². The van der Waals surface area contributed by atoms with Crippen LogP contribution in [0.15, 0.2) is 36.4 Å². The average Bonchev–Trinajstić information content (AvgIpc) is 2.74. The molecule has 7 nitrogen and oxygen atoms in total. The molecule has 1 unspecified atom stereocenters. The lowest BCUT2D eigenvalue weighted by atomic mass is 10.0. The molecule has 0 aliphatic heterocycles. The fourth-order valence-electron chi connectivity index (χ4n) is 3.49. The SMILES string of the molecule is CCOc1ccc(C(=O)N[C@H](C(=O)OC(C)C(=O)Nc2c(C)cc(C)cc2C)C(C)C)cc1. The fraction of sp³-hybridized carbons (Fsp3) is 0.423. The van der Waals surface area contributed by atoms with Crippen LogP contribution in [0.25, 0.3) is 0 Å². The second-order valence-electron chi connectivity index (χ2n) is 8.49. The van der Waals surface area contributed by atoms with Crippen LogP contribution in [-0.4, -0.2) is 36.5 Å². The minimum Gasteiger partial charge on any atom is -0.494 e. The van der Waals surface area contributed by atoms with Gasteiger partial charge in [-0.3, -0.25) is 9.59 Å². The van der Waals surface area contributed by atoms with Gasteiger partial charge >= 0.3 is 5.97 Å². The molecule has 7 heteroatoms. The van der Waals surface area contributed by atoms with E-state index in [0.29, 0.717) is 23.6 Å². The summed E-state index contributed by atoms with van der Waals surface area (Å²) in [6.07, 6.45) is -1.03. The molecule has 0 fully saturated rings. The molecule has 0 saturated carbocycles. The maximum absolute atomic E-state index is 12.8. The van der Waals surface area contributed by atoms with Gasteiger partial charge in [0.25, 0.3) is 11.8 Å². The van der Waals surface area contributed by atoms with Gasteiger partial charge in [0.2, 0.25) is 0 Å². The molecule has 0 heterocycles. The van der Waals surface area contributed by atoms with Gasteiger partial charge in [-0.05, 0) is 75.9 Å². The number of benzene rings is 2. The van der Waals surface area contributed by atoms with Crippen LogP contribution >= 0.6 is 0 Å². The van der Waals surface area contributed by atoms with Crippen molar-refractivity contribution in [1.29, 1.82) is 0 Å². The summed E-state index contributed by atoms with van der Waals surface area (Å²) in [4.78, 5) is 38.1. The van der Waals surface area contributed by atoms with Crippen LogP contribution in [0.5, 0.6) is 5.75 Å². The molecule has 2 aromatic carbocycles. The predicted molar refractivity (Wildman–Crippen MR) is 129 cm³/mol. The van der Waals surface area contributed by atoms with Crippen molar-refractivity contribution < 1.29 is 23.9 Å². The molecule has 0 radical (unpaired) electrons. The summed E-state index contributed by atoms with van der Waals surface area (Å²) in [6, 6.07) is 9.71. The van der Waals surface area contributed by atoms with E-state index in [4.69, 9.17) is 9.47 Å². The fourth-order valence-corrected chi connectivity index (χ4v) is 3.49. The first-order chi connectivity index (χ1) is 15.5. The second kappa shape index (κ2) is 11.5. The Morgan fingerprint density at radius 2 is 1.52 bits per heavy atom. The van der Waals surface area contributed by atoms with Crippen molar-refractivity contribution in [2.75, 3.05) is 11.9 Å². The first-order valence-corrected chi connectivity index (χ1v) is 11.2. The standard InChI is InChI=1S/C26H34N2O5/c1-8-32-21-11-9-20(10-12-21)25(30)27-22(15(2)3)26(31)33-19(7)24(29)28-23-17(5)13-16(4)14-18(23)6/h9-15,19,22H,8H2,1-7H3,(H,27,30)(H,28,29)/t19?,22-/m0/s1. The van der Waals surface area contributed by atoms with Gasteiger partial charge in [0.15, 0.2) is 6.10 Å². The molecule has 0 saturated heterocycles. The third-order valence-electron chi connectivity index (χ3n) is 5.22. The lowest BCUT2D eigenvalue weighted by Gasteiger charge is -2.23. The second-order valence-corrected chi connectivity index (χ2v) is 8.49. The minimum atomic E-state index is -1.03. The molecule has 2 rings (SSSR count). The van der Waals surface area contributed by atoms with Crippen LogP contribution in [0.2, 0.25) is 0 Å². The molecule has 2 amide bonds. The Bertz CT molecular complexity index is 975. The normalized spacial score (nSPS) is 12.6. The van der Waals surface area contributed by atoms with Crippen molar-refractivity contribution in [2.45, 2.75) is 60.6 Å². The van der Waals surface area contributed by atoms with Crippen molar-refractivity contribution in [1.82, 2.24) is 5.32 Å². The quantitative estimate of drug-likeness (QED) is 0.550. The van der Waals surface area contributed by atoms with Crippen LogP contribution in [0.3, 0.4) is 0 Å². The Balaban J connectivity index is 2.03. The number of carbonyl (C=O) groups is 3. The highest BCUT2D eigenvalue weighted by Crippen LogP contribution is 2.22. The van der Waals surface area contributed by atoms with Gasteiger partial charge in [-0.2, -0.15) is 0 Å². The van der Waals surface area contributed by atoms with Crippen LogP contribution in [0, 0.1) is 26.7 Å². The summed E-state index contributed by atoms with van der Waals surface area (Å²) in [5, 5.41) is 5.56. The Morgan fingerprint density at radius 1 is 0.939 bits per heavy atom. The average molecular weight is 455 g/mol. The van der Waals surface area contributed by atoms with Crippen molar-refractivity contribution in [3.8, 4) is 5.75 Å². The number of rotatable bonds is 9. The summed E-state index contributed by atoms with van der Waals surface area (Å²) < 4.78 is 10.8. The van der Waals surface area contributed by atoms with Crippen molar-refractivity contribution >= 4 is 23.5 Å². The van der Waals surface area contributed by atoms with Crippen molar-refractivity contribution in [3.63, 3.8) is 0 Å². The third kappa shape index (κ3) is 7.07. The van der Waals surface area contributed by atoms with E-state index in [9.17, 15) is 14.4 Å². The van der Waals surface area contributed by atoms with Crippen LogP contribution < -0.4 is 15.4 Å². The monoisotopic (exact) mass is 454 g/mol. The number of hydrogen-bond acceptors (Lipinski definition) is 5. The maximum atomic E-state index is 12.8. The molecule has 0 bridgehead atoms. The molecule has 0 spiro atoms. The Morgan fingerprint density at radius 3 is 2.03 bits per heavy atom. The van der Waals surface area contributed by atoms with Crippen molar-refractivity contribution in [3.05, 3.63) is 58.7 Å². The lowest BCUT2D eigenvalue weighted by Crippen LogP contribution is -2.47. The molecular weight excluding hydrogens is 420 g/mol. The zero-order chi connectivity index (χ0) is 24.7. The number of nitrogens with one attached hydrogen (secondary N) is 2.